The summed E-state index contributed by atoms with van der Waals surface area (Å²) in [7, 11) is 2.03. The summed E-state index contributed by atoms with van der Waals surface area (Å²) in [4.78, 5) is 10.9. The van der Waals surface area contributed by atoms with Gasteiger partial charge in [-0.2, -0.15) is 4.98 Å². The van der Waals surface area contributed by atoms with Gasteiger partial charge in [0.1, 0.15) is 22.6 Å². The fourth-order valence-electron chi connectivity index (χ4n) is 3.86. The van der Waals surface area contributed by atoms with Crippen molar-refractivity contribution < 1.29 is 13.5 Å². The highest BCUT2D eigenvalue weighted by molar-refractivity contribution is 5.91. The summed E-state index contributed by atoms with van der Waals surface area (Å²) in [5.74, 6) is 0.859. The molecule has 0 radical (unpaired) electrons. The fourth-order valence-corrected chi connectivity index (χ4v) is 3.86. The van der Waals surface area contributed by atoms with Crippen LogP contribution in [0.25, 0.3) is 33.5 Å². The quantitative estimate of drug-likeness (QED) is 0.560. The lowest BCUT2D eigenvalue weighted by Crippen LogP contribution is -2.16. The molecule has 0 bridgehead atoms. The molecule has 0 amide bonds. The van der Waals surface area contributed by atoms with Crippen LogP contribution in [0.3, 0.4) is 0 Å². The van der Waals surface area contributed by atoms with Crippen LogP contribution >= 0.6 is 0 Å². The number of ether oxygens (including phenoxy) is 1. The first-order valence-corrected chi connectivity index (χ1v) is 9.80. The van der Waals surface area contributed by atoms with Crippen LogP contribution in [0.15, 0.2) is 28.7 Å². The van der Waals surface area contributed by atoms with Crippen LogP contribution in [0.4, 0.5) is 16.1 Å². The van der Waals surface area contributed by atoms with Crippen molar-refractivity contribution in [3.63, 3.8) is 0 Å². The number of nitrogens with zero attached hydrogens (tertiary/aromatic N) is 4. The van der Waals surface area contributed by atoms with E-state index in [0.29, 0.717) is 23.6 Å². The second-order valence-electron chi connectivity index (χ2n) is 7.29. The Balaban J connectivity index is 1.78. The summed E-state index contributed by atoms with van der Waals surface area (Å²) >= 11 is 0. The molecule has 0 spiro atoms. The normalized spacial score (nSPS) is 14.0. The molecule has 0 aliphatic carbocycles. The summed E-state index contributed by atoms with van der Waals surface area (Å²) in [6.45, 7) is 4.35. The van der Waals surface area contributed by atoms with Crippen LogP contribution < -0.4 is 15.4 Å². The third-order valence-corrected chi connectivity index (χ3v) is 5.50. The van der Waals surface area contributed by atoms with Gasteiger partial charge in [-0.15, -0.1) is 0 Å². The fraction of sp³-hybridized carbons (Fsp3) is 0.333. The summed E-state index contributed by atoms with van der Waals surface area (Å²) in [5, 5.41) is 0. The molecule has 0 fully saturated rings. The summed E-state index contributed by atoms with van der Waals surface area (Å²) < 4.78 is 28.7. The maximum absolute atomic E-state index is 15.3. The molecule has 0 saturated carbocycles. The number of benzene rings is 2. The zero-order valence-corrected chi connectivity index (χ0v) is 16.4. The molecule has 8 heteroatoms. The molecule has 2 aromatic carbocycles. The van der Waals surface area contributed by atoms with Gasteiger partial charge in [-0.1, -0.05) is 0 Å². The van der Waals surface area contributed by atoms with E-state index in [9.17, 15) is 0 Å². The van der Waals surface area contributed by atoms with E-state index < -0.39 is 5.82 Å². The molecule has 1 aliphatic rings. The number of oxazole rings is 1. The van der Waals surface area contributed by atoms with Gasteiger partial charge in [-0.05, 0) is 38.0 Å². The minimum absolute atomic E-state index is 0.0538. The van der Waals surface area contributed by atoms with E-state index in [4.69, 9.17) is 19.9 Å². The Morgan fingerprint density at radius 3 is 2.93 bits per heavy atom. The minimum Gasteiger partial charge on any atom is -0.491 e. The van der Waals surface area contributed by atoms with E-state index in [1.807, 2.05) is 23.7 Å². The molecule has 0 saturated heterocycles. The molecule has 150 valence electrons. The molecule has 0 atom stereocenters. The lowest BCUT2D eigenvalue weighted by molar-refractivity contribution is 0.299. The average molecular weight is 395 g/mol. The molecule has 3 heterocycles. The number of rotatable bonds is 3. The molecule has 5 rings (SSSR count). The number of aromatic nitrogens is 3. The number of hydrogen-bond donors (Lipinski definition) is 1. The first-order valence-electron chi connectivity index (χ1n) is 9.80. The molecule has 4 aromatic rings. The van der Waals surface area contributed by atoms with Gasteiger partial charge in [-0.25, -0.2) is 9.37 Å². The minimum atomic E-state index is -0.482. The van der Waals surface area contributed by atoms with Crippen molar-refractivity contribution in [2.24, 2.45) is 0 Å². The summed E-state index contributed by atoms with van der Waals surface area (Å²) in [6.07, 6.45) is 1.85. The molecular weight excluding hydrogens is 373 g/mol. The Morgan fingerprint density at radius 1 is 1.24 bits per heavy atom. The topological polar surface area (TPSA) is 82.3 Å². The number of hydrogen-bond acceptors (Lipinski definition) is 6. The molecule has 7 nitrogen and oxygen atoms in total. The monoisotopic (exact) mass is 395 g/mol. The van der Waals surface area contributed by atoms with Crippen LogP contribution in [-0.4, -0.2) is 34.7 Å². The third-order valence-electron chi connectivity index (χ3n) is 5.50. The van der Waals surface area contributed by atoms with Gasteiger partial charge in [-0.3, -0.25) is 0 Å². The number of fused-ring (bicyclic) bond motifs is 1. The molecule has 2 aromatic heterocycles. The van der Waals surface area contributed by atoms with Crippen molar-refractivity contribution in [1.82, 2.24) is 14.5 Å². The van der Waals surface area contributed by atoms with Crippen LogP contribution in [0, 0.1) is 5.82 Å². The number of nitrogens with two attached hydrogens (primary N) is 1. The first kappa shape index (κ1) is 17.8. The molecular formula is C21H22FN5O2. The van der Waals surface area contributed by atoms with Crippen molar-refractivity contribution in [1.29, 1.82) is 0 Å². The Kier molecular flexibility index (Phi) is 4.08. The molecule has 0 unspecified atom stereocenters. The van der Waals surface area contributed by atoms with Gasteiger partial charge in [0.15, 0.2) is 11.4 Å². The van der Waals surface area contributed by atoms with Crippen LogP contribution in [0.2, 0.25) is 0 Å². The predicted octanol–water partition coefficient (Wildman–Crippen LogP) is 4.19. The lowest BCUT2D eigenvalue weighted by atomic mass is 10.1. The van der Waals surface area contributed by atoms with Gasteiger partial charge in [0.05, 0.1) is 17.7 Å². The Morgan fingerprint density at radius 2 is 2.10 bits per heavy atom. The molecule has 2 N–H and O–H groups in total. The van der Waals surface area contributed by atoms with E-state index in [-0.39, 0.29) is 11.5 Å². The van der Waals surface area contributed by atoms with E-state index in [1.165, 1.54) is 0 Å². The molecule has 1 aliphatic heterocycles. The largest absolute Gasteiger partial charge is 0.491 e. The first-order chi connectivity index (χ1) is 14.1. The van der Waals surface area contributed by atoms with Gasteiger partial charge < -0.3 is 24.4 Å². The number of halogens is 1. The SMILES string of the molecule is CCN(C)c1cc2c3c(c1)nc(-c1ccc4oc(N)nc4c1F)n3CCCCO2. The van der Waals surface area contributed by atoms with Crippen molar-refractivity contribution in [2.75, 3.05) is 30.8 Å². The number of anilines is 2. The standard InChI is InChI=1S/C21H22FN5O2/c1-3-26(2)12-10-14-19-16(11-12)28-9-5-4-8-27(19)20(24-14)13-6-7-15-18(17(13)22)25-21(23)29-15/h6-7,10-11H,3-5,8-9H2,1-2H3,(H2,23,25). The van der Waals surface area contributed by atoms with Crippen molar-refractivity contribution in [3.8, 4) is 17.1 Å². The second-order valence-corrected chi connectivity index (χ2v) is 7.29. The van der Waals surface area contributed by atoms with Crippen molar-refractivity contribution in [3.05, 3.63) is 30.1 Å². The zero-order valence-electron chi connectivity index (χ0n) is 16.4. The number of aryl methyl sites for hydroxylation is 1. The zero-order chi connectivity index (χ0) is 20.1. The van der Waals surface area contributed by atoms with E-state index in [2.05, 4.69) is 16.8 Å². The van der Waals surface area contributed by atoms with Gasteiger partial charge >= 0.3 is 0 Å². The number of nitrogen functional groups attached to an aromatic ring is 1. The second kappa shape index (κ2) is 6.65. The van der Waals surface area contributed by atoms with E-state index in [0.717, 1.165) is 48.4 Å². The van der Waals surface area contributed by atoms with Gasteiger partial charge in [0.25, 0.3) is 6.01 Å². The maximum Gasteiger partial charge on any atom is 0.293 e. The third kappa shape index (κ3) is 2.78. The Labute approximate surface area is 166 Å². The van der Waals surface area contributed by atoms with Crippen molar-refractivity contribution >= 4 is 33.8 Å². The van der Waals surface area contributed by atoms with E-state index in [1.54, 1.807) is 12.1 Å². The van der Waals surface area contributed by atoms with Crippen molar-refractivity contribution in [2.45, 2.75) is 26.3 Å². The van der Waals surface area contributed by atoms with Gasteiger partial charge in [0, 0.05) is 31.9 Å². The Hall–Kier alpha value is -3.29. The van der Waals surface area contributed by atoms with Crippen LogP contribution in [0.1, 0.15) is 19.8 Å². The van der Waals surface area contributed by atoms with Gasteiger partial charge in [0.2, 0.25) is 0 Å². The number of imidazole rings is 1. The van der Waals surface area contributed by atoms with Crippen LogP contribution in [0.5, 0.6) is 5.75 Å². The highest BCUT2D eigenvalue weighted by Gasteiger charge is 2.23. The summed E-state index contributed by atoms with van der Waals surface area (Å²) in [5.41, 5.74) is 9.12. The summed E-state index contributed by atoms with van der Waals surface area (Å²) in [6, 6.07) is 7.36. The highest BCUT2D eigenvalue weighted by Crippen LogP contribution is 2.38. The lowest BCUT2D eigenvalue weighted by Gasteiger charge is -2.20. The smallest absolute Gasteiger partial charge is 0.293 e. The maximum atomic E-state index is 15.3. The average Bonchev–Trinajstić information content (AvgIpc) is 3.25. The Bertz CT molecular complexity index is 1230. The van der Waals surface area contributed by atoms with Crippen LogP contribution in [-0.2, 0) is 6.54 Å². The highest BCUT2D eigenvalue weighted by atomic mass is 19.1. The molecule has 29 heavy (non-hydrogen) atoms. The predicted molar refractivity (Wildman–Crippen MR) is 111 cm³/mol. The van der Waals surface area contributed by atoms with E-state index >= 15 is 4.39 Å².